The molecule has 0 aliphatic carbocycles. The van der Waals surface area contributed by atoms with Crippen molar-refractivity contribution in [3.05, 3.63) is 48.9 Å². The fourth-order valence-electron chi connectivity index (χ4n) is 1.97. The second-order valence-electron chi connectivity index (χ2n) is 4.13. The van der Waals surface area contributed by atoms with Crippen LogP contribution in [0.15, 0.2) is 48.9 Å². The summed E-state index contributed by atoms with van der Waals surface area (Å²) < 4.78 is 6.89. The summed E-state index contributed by atoms with van der Waals surface area (Å²) in [4.78, 5) is 8.20. The van der Waals surface area contributed by atoms with Crippen LogP contribution in [0.3, 0.4) is 0 Å². The zero-order valence-electron chi connectivity index (χ0n) is 10.9. The third-order valence-corrected chi connectivity index (χ3v) is 2.89. The number of ether oxygens (including phenoxy) is 1. The Morgan fingerprint density at radius 2 is 2.05 bits per heavy atom. The summed E-state index contributed by atoms with van der Waals surface area (Å²) in [5.41, 5.74) is 7.60. The van der Waals surface area contributed by atoms with Crippen LogP contribution >= 0.6 is 0 Å². The molecule has 1 aromatic carbocycles. The minimum Gasteiger partial charge on any atom is -0.496 e. The molecule has 0 unspecified atom stereocenters. The summed E-state index contributed by atoms with van der Waals surface area (Å²) in [6, 6.07) is 9.43. The zero-order chi connectivity index (χ0) is 13.9. The van der Waals surface area contributed by atoms with E-state index >= 15 is 0 Å². The van der Waals surface area contributed by atoms with E-state index in [0.29, 0.717) is 11.6 Å². The summed E-state index contributed by atoms with van der Waals surface area (Å²) in [5, 5.41) is 4.47. The van der Waals surface area contributed by atoms with Gasteiger partial charge in [-0.3, -0.25) is 4.98 Å². The van der Waals surface area contributed by atoms with Gasteiger partial charge in [0.25, 0.3) is 0 Å². The van der Waals surface area contributed by atoms with Crippen LogP contribution in [0.5, 0.6) is 5.75 Å². The molecule has 0 bridgehead atoms. The maximum absolute atomic E-state index is 5.99. The van der Waals surface area contributed by atoms with Gasteiger partial charge in [0.2, 0.25) is 0 Å². The van der Waals surface area contributed by atoms with Crippen molar-refractivity contribution >= 4 is 5.82 Å². The van der Waals surface area contributed by atoms with Gasteiger partial charge >= 0.3 is 0 Å². The van der Waals surface area contributed by atoms with Gasteiger partial charge < -0.3 is 10.5 Å². The Morgan fingerprint density at radius 1 is 1.20 bits per heavy atom. The molecule has 0 spiro atoms. The lowest BCUT2D eigenvalue weighted by molar-refractivity contribution is 0.416. The molecule has 0 atom stereocenters. The van der Waals surface area contributed by atoms with E-state index in [4.69, 9.17) is 10.5 Å². The molecule has 2 heterocycles. The first-order chi connectivity index (χ1) is 9.79. The van der Waals surface area contributed by atoms with E-state index in [0.717, 1.165) is 17.0 Å². The van der Waals surface area contributed by atoms with Gasteiger partial charge in [-0.05, 0) is 12.1 Å². The number of hydrogen-bond acceptors (Lipinski definition) is 5. The molecule has 3 rings (SSSR count). The number of aromatic nitrogens is 4. The Bertz CT molecular complexity index is 723. The molecule has 0 saturated heterocycles. The molecule has 2 aromatic heterocycles. The van der Waals surface area contributed by atoms with Gasteiger partial charge in [0.15, 0.2) is 5.82 Å². The molecule has 0 radical (unpaired) electrons. The molecule has 0 aliphatic heterocycles. The lowest BCUT2D eigenvalue weighted by Crippen LogP contribution is -2.04. The summed E-state index contributed by atoms with van der Waals surface area (Å²) in [5.74, 6) is 1.81. The number of nitrogens with two attached hydrogens (primary N) is 1. The van der Waals surface area contributed by atoms with E-state index in [1.54, 1.807) is 36.4 Å². The predicted octanol–water partition coefficient (Wildman–Crippen LogP) is 1.92. The van der Waals surface area contributed by atoms with Crippen molar-refractivity contribution in [1.82, 2.24) is 19.7 Å². The van der Waals surface area contributed by atoms with Crippen molar-refractivity contribution in [2.45, 2.75) is 0 Å². The minimum absolute atomic E-state index is 0.492. The van der Waals surface area contributed by atoms with Crippen molar-refractivity contribution in [3.8, 4) is 22.8 Å². The van der Waals surface area contributed by atoms with Gasteiger partial charge in [0.1, 0.15) is 11.6 Å². The highest BCUT2D eigenvalue weighted by molar-refractivity contribution is 5.69. The van der Waals surface area contributed by atoms with Gasteiger partial charge in [0.05, 0.1) is 19.0 Å². The third kappa shape index (κ3) is 2.07. The number of methoxy groups -OCH3 is 1. The number of para-hydroxylation sites is 1. The summed E-state index contributed by atoms with van der Waals surface area (Å²) >= 11 is 0. The number of nitrogen functional groups attached to an aromatic ring is 1. The van der Waals surface area contributed by atoms with Crippen LogP contribution in [0.1, 0.15) is 0 Å². The number of benzene rings is 1. The molecule has 6 nitrogen and oxygen atoms in total. The molecular weight excluding hydrogens is 254 g/mol. The van der Waals surface area contributed by atoms with Crippen LogP contribution in [0.2, 0.25) is 0 Å². The van der Waals surface area contributed by atoms with Crippen LogP contribution in [-0.4, -0.2) is 26.9 Å². The average molecular weight is 267 g/mol. The summed E-state index contributed by atoms with van der Waals surface area (Å²) in [6.07, 6.45) is 4.80. The Balaban J connectivity index is 2.09. The first-order valence-electron chi connectivity index (χ1n) is 6.05. The number of nitrogens with zero attached hydrogens (tertiary/aromatic N) is 4. The van der Waals surface area contributed by atoms with Gasteiger partial charge in [-0.25, -0.2) is 4.98 Å². The number of anilines is 1. The highest BCUT2D eigenvalue weighted by atomic mass is 16.5. The number of hydrogen-bond donors (Lipinski definition) is 1. The molecular formula is C14H13N5O. The van der Waals surface area contributed by atoms with Crippen LogP contribution in [0.25, 0.3) is 17.1 Å². The second kappa shape index (κ2) is 5.00. The van der Waals surface area contributed by atoms with E-state index in [2.05, 4.69) is 15.1 Å². The first kappa shape index (κ1) is 12.2. The van der Waals surface area contributed by atoms with Crippen LogP contribution in [0, 0.1) is 0 Å². The van der Waals surface area contributed by atoms with Crippen LogP contribution in [-0.2, 0) is 0 Å². The Kier molecular flexibility index (Phi) is 3.04. The van der Waals surface area contributed by atoms with Crippen molar-refractivity contribution < 1.29 is 4.74 Å². The Morgan fingerprint density at radius 3 is 2.80 bits per heavy atom. The van der Waals surface area contributed by atoms with Gasteiger partial charge in [-0.15, -0.1) is 0 Å². The molecule has 0 saturated carbocycles. The standard InChI is InChI=1S/C14H13N5O/c1-20-12-5-3-2-4-10(12)11-8-13(15)19(18-11)14-9-16-6-7-17-14/h2-9H,15H2,1H3. The minimum atomic E-state index is 0.492. The SMILES string of the molecule is COc1ccccc1-c1cc(N)n(-c2cnccn2)n1. The lowest BCUT2D eigenvalue weighted by Gasteiger charge is -2.05. The fraction of sp³-hybridized carbons (Fsp3) is 0.0714. The average Bonchev–Trinajstić information content (AvgIpc) is 2.90. The normalized spacial score (nSPS) is 10.4. The maximum atomic E-state index is 5.99. The molecule has 0 aliphatic rings. The van der Waals surface area contributed by atoms with Crippen LogP contribution < -0.4 is 10.5 Å². The molecule has 2 N–H and O–H groups in total. The smallest absolute Gasteiger partial charge is 0.174 e. The Labute approximate surface area is 115 Å². The lowest BCUT2D eigenvalue weighted by atomic mass is 10.1. The molecule has 0 amide bonds. The number of rotatable bonds is 3. The van der Waals surface area contributed by atoms with Crippen molar-refractivity contribution in [1.29, 1.82) is 0 Å². The molecule has 6 heteroatoms. The molecule has 0 fully saturated rings. The van der Waals surface area contributed by atoms with E-state index in [-0.39, 0.29) is 0 Å². The maximum Gasteiger partial charge on any atom is 0.174 e. The van der Waals surface area contributed by atoms with Crippen molar-refractivity contribution in [2.75, 3.05) is 12.8 Å². The van der Waals surface area contributed by atoms with E-state index < -0.39 is 0 Å². The topological polar surface area (TPSA) is 78.9 Å². The predicted molar refractivity (Wildman–Crippen MR) is 75.6 cm³/mol. The van der Waals surface area contributed by atoms with Crippen molar-refractivity contribution in [2.24, 2.45) is 0 Å². The molecule has 3 aromatic rings. The van der Waals surface area contributed by atoms with Crippen molar-refractivity contribution in [3.63, 3.8) is 0 Å². The second-order valence-corrected chi connectivity index (χ2v) is 4.13. The van der Waals surface area contributed by atoms with Gasteiger partial charge in [0, 0.05) is 24.0 Å². The van der Waals surface area contributed by atoms with Crippen LogP contribution in [0.4, 0.5) is 5.82 Å². The van der Waals surface area contributed by atoms with E-state index in [1.807, 2.05) is 24.3 Å². The third-order valence-electron chi connectivity index (χ3n) is 2.89. The quantitative estimate of drug-likeness (QED) is 0.784. The largest absolute Gasteiger partial charge is 0.496 e. The monoisotopic (exact) mass is 267 g/mol. The first-order valence-corrected chi connectivity index (χ1v) is 6.05. The Hall–Kier alpha value is -2.89. The molecule has 100 valence electrons. The van der Waals surface area contributed by atoms with Gasteiger partial charge in [-0.2, -0.15) is 9.78 Å². The summed E-state index contributed by atoms with van der Waals surface area (Å²) in [6.45, 7) is 0. The van der Waals surface area contributed by atoms with Gasteiger partial charge in [-0.1, -0.05) is 12.1 Å². The highest BCUT2D eigenvalue weighted by Gasteiger charge is 2.12. The summed E-state index contributed by atoms with van der Waals surface area (Å²) in [7, 11) is 1.63. The fourth-order valence-corrected chi connectivity index (χ4v) is 1.97. The highest BCUT2D eigenvalue weighted by Crippen LogP contribution is 2.30. The molecule has 20 heavy (non-hydrogen) atoms. The van der Waals surface area contributed by atoms with E-state index in [1.165, 1.54) is 0 Å². The zero-order valence-corrected chi connectivity index (χ0v) is 10.9. The van der Waals surface area contributed by atoms with E-state index in [9.17, 15) is 0 Å².